The van der Waals surface area contributed by atoms with Gasteiger partial charge in [-0.25, -0.2) is 9.18 Å². The van der Waals surface area contributed by atoms with Crippen LogP contribution in [0.5, 0.6) is 0 Å². The van der Waals surface area contributed by atoms with Gasteiger partial charge in [-0.3, -0.25) is 0 Å². The summed E-state index contributed by atoms with van der Waals surface area (Å²) in [6.07, 6.45) is 5.33. The predicted octanol–water partition coefficient (Wildman–Crippen LogP) is 3.21. The Labute approximate surface area is 122 Å². The lowest BCUT2D eigenvalue weighted by Gasteiger charge is -2.08. The second-order valence-corrected chi connectivity index (χ2v) is 4.38. The number of carbonyl (C=O) groups excluding carboxylic acids is 1. The number of halogens is 1. The molecule has 0 fully saturated rings. The van der Waals surface area contributed by atoms with E-state index < -0.39 is 11.8 Å². The topological polar surface area (TPSA) is 38.3 Å². The molecule has 106 valence electrons. The standard InChI is InChI=1S/C17H14FNO2/c1-3-12-5-4-6-14(9-12)19-11-13-7-8-15(16(18)10-13)17(20)21-2/h1,4-10,19H,11H2,2H3. The predicted molar refractivity (Wildman–Crippen MR) is 79.4 cm³/mol. The molecular formula is C17H14FNO2. The van der Waals surface area contributed by atoms with Gasteiger partial charge >= 0.3 is 5.97 Å². The SMILES string of the molecule is C#Cc1cccc(NCc2ccc(C(=O)OC)c(F)c2)c1. The van der Waals surface area contributed by atoms with Crippen LogP contribution in [0.3, 0.4) is 0 Å². The number of carbonyl (C=O) groups is 1. The number of anilines is 1. The first kappa shape index (κ1) is 14.6. The van der Waals surface area contributed by atoms with E-state index in [0.29, 0.717) is 12.1 Å². The van der Waals surface area contributed by atoms with E-state index in [4.69, 9.17) is 6.42 Å². The molecule has 0 amide bonds. The average Bonchev–Trinajstić information content (AvgIpc) is 2.52. The molecule has 0 aliphatic carbocycles. The lowest BCUT2D eigenvalue weighted by atomic mass is 10.1. The zero-order chi connectivity index (χ0) is 15.2. The van der Waals surface area contributed by atoms with E-state index in [9.17, 15) is 9.18 Å². The fourth-order valence-electron chi connectivity index (χ4n) is 1.87. The van der Waals surface area contributed by atoms with Crippen LogP contribution in [0.15, 0.2) is 42.5 Å². The highest BCUT2D eigenvalue weighted by molar-refractivity contribution is 5.89. The summed E-state index contributed by atoms with van der Waals surface area (Å²) in [5.41, 5.74) is 2.26. The van der Waals surface area contributed by atoms with E-state index in [0.717, 1.165) is 11.3 Å². The highest BCUT2D eigenvalue weighted by Gasteiger charge is 2.12. The summed E-state index contributed by atoms with van der Waals surface area (Å²) in [4.78, 5) is 11.3. The summed E-state index contributed by atoms with van der Waals surface area (Å²) < 4.78 is 18.3. The van der Waals surface area contributed by atoms with Gasteiger partial charge in [-0.15, -0.1) is 6.42 Å². The lowest BCUT2D eigenvalue weighted by molar-refractivity contribution is 0.0595. The molecule has 0 aliphatic heterocycles. The molecule has 0 saturated carbocycles. The maximum Gasteiger partial charge on any atom is 0.340 e. The van der Waals surface area contributed by atoms with Gasteiger partial charge in [-0.05, 0) is 35.9 Å². The molecule has 4 heteroatoms. The maximum absolute atomic E-state index is 13.8. The second kappa shape index (κ2) is 6.58. The summed E-state index contributed by atoms with van der Waals surface area (Å²) in [6.45, 7) is 0.423. The molecule has 21 heavy (non-hydrogen) atoms. The summed E-state index contributed by atoms with van der Waals surface area (Å²) in [7, 11) is 1.22. The van der Waals surface area contributed by atoms with Crippen molar-refractivity contribution in [3.05, 3.63) is 65.0 Å². The molecule has 0 heterocycles. The minimum Gasteiger partial charge on any atom is -0.465 e. The first-order valence-electron chi connectivity index (χ1n) is 6.31. The molecule has 0 unspecified atom stereocenters. The number of hydrogen-bond acceptors (Lipinski definition) is 3. The number of benzene rings is 2. The maximum atomic E-state index is 13.8. The first-order chi connectivity index (χ1) is 10.1. The van der Waals surface area contributed by atoms with Gasteiger partial charge in [-0.1, -0.05) is 18.1 Å². The van der Waals surface area contributed by atoms with Crippen molar-refractivity contribution in [2.24, 2.45) is 0 Å². The Morgan fingerprint density at radius 1 is 1.33 bits per heavy atom. The van der Waals surface area contributed by atoms with Crippen molar-refractivity contribution in [1.82, 2.24) is 0 Å². The molecule has 0 atom stereocenters. The molecule has 0 aliphatic rings. The molecule has 0 aromatic heterocycles. The van der Waals surface area contributed by atoms with Crippen molar-refractivity contribution >= 4 is 11.7 Å². The van der Waals surface area contributed by atoms with E-state index in [-0.39, 0.29) is 5.56 Å². The minimum absolute atomic E-state index is 0.0735. The molecule has 2 rings (SSSR count). The van der Waals surface area contributed by atoms with Crippen LogP contribution in [0.1, 0.15) is 21.5 Å². The lowest BCUT2D eigenvalue weighted by Crippen LogP contribution is -2.06. The largest absolute Gasteiger partial charge is 0.465 e. The van der Waals surface area contributed by atoms with E-state index in [2.05, 4.69) is 16.0 Å². The molecule has 1 N–H and O–H groups in total. The van der Waals surface area contributed by atoms with Gasteiger partial charge in [-0.2, -0.15) is 0 Å². The van der Waals surface area contributed by atoms with Crippen LogP contribution >= 0.6 is 0 Å². The Kier molecular flexibility index (Phi) is 4.57. The highest BCUT2D eigenvalue weighted by atomic mass is 19.1. The average molecular weight is 283 g/mol. The van der Waals surface area contributed by atoms with Gasteiger partial charge in [0.2, 0.25) is 0 Å². The van der Waals surface area contributed by atoms with Gasteiger partial charge < -0.3 is 10.1 Å². The zero-order valence-corrected chi connectivity index (χ0v) is 11.5. The van der Waals surface area contributed by atoms with Gasteiger partial charge in [0.1, 0.15) is 5.82 Å². The van der Waals surface area contributed by atoms with Crippen molar-refractivity contribution in [3.8, 4) is 12.3 Å². The Balaban J connectivity index is 2.08. The van der Waals surface area contributed by atoms with Crippen LogP contribution in [-0.4, -0.2) is 13.1 Å². The molecule has 2 aromatic carbocycles. The number of nitrogens with one attached hydrogen (secondary N) is 1. The van der Waals surface area contributed by atoms with Gasteiger partial charge in [0, 0.05) is 17.8 Å². The molecule has 3 nitrogen and oxygen atoms in total. The fourth-order valence-corrected chi connectivity index (χ4v) is 1.87. The molecule has 0 saturated heterocycles. The van der Waals surface area contributed by atoms with Crippen molar-refractivity contribution in [3.63, 3.8) is 0 Å². The van der Waals surface area contributed by atoms with Crippen LogP contribution < -0.4 is 5.32 Å². The van der Waals surface area contributed by atoms with Crippen LogP contribution in [0.2, 0.25) is 0 Å². The van der Waals surface area contributed by atoms with Crippen LogP contribution in [-0.2, 0) is 11.3 Å². The normalized spacial score (nSPS) is 9.76. The summed E-state index contributed by atoms with van der Waals surface area (Å²) in [5.74, 6) is 1.26. The zero-order valence-electron chi connectivity index (χ0n) is 11.5. The van der Waals surface area contributed by atoms with Crippen LogP contribution in [0.25, 0.3) is 0 Å². The van der Waals surface area contributed by atoms with Crippen molar-refractivity contribution < 1.29 is 13.9 Å². The quantitative estimate of drug-likeness (QED) is 0.691. The third kappa shape index (κ3) is 3.61. The molecule has 0 spiro atoms. The van der Waals surface area contributed by atoms with Crippen molar-refractivity contribution in [2.45, 2.75) is 6.54 Å². The van der Waals surface area contributed by atoms with Crippen molar-refractivity contribution in [2.75, 3.05) is 12.4 Å². The monoisotopic (exact) mass is 283 g/mol. The van der Waals surface area contributed by atoms with Gasteiger partial charge in [0.05, 0.1) is 12.7 Å². The Morgan fingerprint density at radius 3 is 2.81 bits per heavy atom. The van der Waals surface area contributed by atoms with E-state index in [1.165, 1.54) is 19.2 Å². The van der Waals surface area contributed by atoms with E-state index >= 15 is 0 Å². The highest BCUT2D eigenvalue weighted by Crippen LogP contribution is 2.15. The van der Waals surface area contributed by atoms with Crippen LogP contribution in [0.4, 0.5) is 10.1 Å². The third-order valence-electron chi connectivity index (χ3n) is 2.96. The number of hydrogen-bond donors (Lipinski definition) is 1. The summed E-state index contributed by atoms with van der Waals surface area (Å²) in [6, 6.07) is 11.8. The Morgan fingerprint density at radius 2 is 2.14 bits per heavy atom. The molecule has 0 bridgehead atoms. The van der Waals surface area contributed by atoms with E-state index in [1.807, 2.05) is 24.3 Å². The van der Waals surface area contributed by atoms with Gasteiger partial charge in [0.15, 0.2) is 0 Å². The van der Waals surface area contributed by atoms with Crippen molar-refractivity contribution in [1.29, 1.82) is 0 Å². The Hall–Kier alpha value is -2.80. The number of terminal acetylenes is 1. The fraction of sp³-hybridized carbons (Fsp3) is 0.118. The number of rotatable bonds is 4. The summed E-state index contributed by atoms with van der Waals surface area (Å²) in [5, 5.41) is 3.15. The minimum atomic E-state index is -0.686. The summed E-state index contributed by atoms with van der Waals surface area (Å²) >= 11 is 0. The molecule has 0 radical (unpaired) electrons. The number of esters is 1. The second-order valence-electron chi connectivity index (χ2n) is 4.38. The number of methoxy groups -OCH3 is 1. The molecular weight excluding hydrogens is 269 g/mol. The smallest absolute Gasteiger partial charge is 0.340 e. The molecule has 2 aromatic rings. The van der Waals surface area contributed by atoms with E-state index in [1.54, 1.807) is 6.07 Å². The number of ether oxygens (including phenoxy) is 1. The third-order valence-corrected chi connectivity index (χ3v) is 2.96. The van der Waals surface area contributed by atoms with Gasteiger partial charge in [0.25, 0.3) is 0 Å². The Bertz CT molecular complexity index is 704. The van der Waals surface area contributed by atoms with Crippen LogP contribution in [0, 0.1) is 18.2 Å². The first-order valence-corrected chi connectivity index (χ1v) is 6.31.